The Morgan fingerprint density at radius 3 is 2.56 bits per heavy atom. The molecule has 1 aliphatic rings. The molecule has 2 aromatic carbocycles. The van der Waals surface area contributed by atoms with Crippen molar-refractivity contribution >= 4 is 5.91 Å². The molecule has 2 atom stereocenters. The smallest absolute Gasteiger partial charge is 0.251 e. The van der Waals surface area contributed by atoms with Gasteiger partial charge in [-0.3, -0.25) is 4.79 Å². The van der Waals surface area contributed by atoms with E-state index < -0.39 is 12.1 Å². The number of hydrogen-bond acceptors (Lipinski definition) is 4. The summed E-state index contributed by atoms with van der Waals surface area (Å²) in [4.78, 5) is 12.3. The van der Waals surface area contributed by atoms with Crippen molar-refractivity contribution in [2.24, 2.45) is 0 Å². The molecule has 1 amide bonds. The molecule has 1 heterocycles. The molecule has 140 valence electrons. The van der Waals surface area contributed by atoms with E-state index >= 15 is 0 Å². The molecule has 1 fully saturated rings. The van der Waals surface area contributed by atoms with Crippen molar-refractivity contribution in [1.29, 1.82) is 5.26 Å². The second-order valence-corrected chi connectivity index (χ2v) is 6.52. The first-order chi connectivity index (χ1) is 13.2. The normalized spacial score (nSPS) is 18.1. The Morgan fingerprint density at radius 1 is 1.22 bits per heavy atom. The molecule has 0 radical (unpaired) electrons. The first-order valence-electron chi connectivity index (χ1n) is 9.03. The fourth-order valence-corrected chi connectivity index (χ4v) is 2.99. The van der Waals surface area contributed by atoms with E-state index in [1.807, 2.05) is 24.3 Å². The minimum Gasteiger partial charge on any atom is -0.367 e. The number of benzene rings is 2. The summed E-state index contributed by atoms with van der Waals surface area (Å²) in [5, 5.41) is 15.3. The van der Waals surface area contributed by atoms with Crippen molar-refractivity contribution in [2.75, 3.05) is 19.7 Å². The number of ether oxygens (including phenoxy) is 1. The largest absolute Gasteiger partial charge is 0.367 e. The van der Waals surface area contributed by atoms with E-state index in [1.165, 1.54) is 12.1 Å². The van der Waals surface area contributed by atoms with Crippen LogP contribution in [0, 0.1) is 17.1 Å². The van der Waals surface area contributed by atoms with Gasteiger partial charge in [-0.2, -0.15) is 5.26 Å². The zero-order chi connectivity index (χ0) is 19.1. The molecule has 1 saturated heterocycles. The highest BCUT2D eigenvalue weighted by Crippen LogP contribution is 2.20. The van der Waals surface area contributed by atoms with Crippen molar-refractivity contribution in [3.8, 4) is 17.2 Å². The first kappa shape index (κ1) is 19.0. The summed E-state index contributed by atoms with van der Waals surface area (Å²) in [7, 11) is 0. The molecule has 27 heavy (non-hydrogen) atoms. The fourth-order valence-electron chi connectivity index (χ4n) is 2.99. The summed E-state index contributed by atoms with van der Waals surface area (Å²) in [6.45, 7) is 1.81. The Bertz CT molecular complexity index is 792. The quantitative estimate of drug-likeness (QED) is 0.851. The zero-order valence-corrected chi connectivity index (χ0v) is 15.0. The van der Waals surface area contributed by atoms with Crippen LogP contribution in [0.2, 0.25) is 0 Å². The number of nitrogens with one attached hydrogen (secondary N) is 2. The van der Waals surface area contributed by atoms with Crippen molar-refractivity contribution in [3.63, 3.8) is 0 Å². The van der Waals surface area contributed by atoms with Crippen molar-refractivity contribution in [1.82, 2.24) is 10.6 Å². The van der Waals surface area contributed by atoms with Crippen LogP contribution in [0.3, 0.4) is 0 Å². The Hall–Kier alpha value is -2.75. The number of carbonyl (C=O) groups is 1. The van der Waals surface area contributed by atoms with E-state index in [9.17, 15) is 14.4 Å². The number of rotatable bonds is 5. The maximum atomic E-state index is 13.0. The van der Waals surface area contributed by atoms with Gasteiger partial charge in [0, 0.05) is 19.6 Å². The minimum atomic E-state index is -0.624. The van der Waals surface area contributed by atoms with Crippen LogP contribution < -0.4 is 10.6 Å². The Balaban J connectivity index is 1.60. The maximum Gasteiger partial charge on any atom is 0.251 e. The van der Waals surface area contributed by atoms with Crippen LogP contribution in [0.25, 0.3) is 11.1 Å². The molecule has 6 heteroatoms. The summed E-state index contributed by atoms with van der Waals surface area (Å²) in [6, 6.07) is 15.5. The van der Waals surface area contributed by atoms with Crippen LogP contribution >= 0.6 is 0 Å². The van der Waals surface area contributed by atoms with E-state index in [1.54, 1.807) is 12.1 Å². The molecular formula is C21H22FN3O2. The van der Waals surface area contributed by atoms with Crippen molar-refractivity contribution in [2.45, 2.75) is 25.0 Å². The van der Waals surface area contributed by atoms with E-state index in [2.05, 4.69) is 16.7 Å². The molecule has 3 rings (SSSR count). The third kappa shape index (κ3) is 5.36. The van der Waals surface area contributed by atoms with Gasteiger partial charge in [-0.25, -0.2) is 4.39 Å². The predicted molar refractivity (Wildman–Crippen MR) is 100 cm³/mol. The third-order valence-electron chi connectivity index (χ3n) is 4.48. The maximum absolute atomic E-state index is 13.0. The lowest BCUT2D eigenvalue weighted by molar-refractivity contribution is -0.132. The second-order valence-electron chi connectivity index (χ2n) is 6.52. The van der Waals surface area contributed by atoms with Gasteiger partial charge in [-0.1, -0.05) is 36.4 Å². The van der Waals surface area contributed by atoms with Gasteiger partial charge in [-0.05, 0) is 41.8 Å². The molecule has 0 spiro atoms. The second kappa shape index (κ2) is 9.26. The molecule has 0 saturated carbocycles. The standard InChI is InChI=1S/C21H22FN3O2/c22-18-8-6-17(7-9-18)16-4-2-15(3-5-16)12-19(13-23)25-21(26)20-14-24-10-1-11-27-20/h2-9,19-20,24H,1,10-12,14H2,(H,25,26)/t19?,20-/m0/s1. The molecule has 2 N–H and O–H groups in total. The Morgan fingerprint density at radius 2 is 1.89 bits per heavy atom. The van der Waals surface area contributed by atoms with Crippen LogP contribution in [-0.2, 0) is 16.0 Å². The SMILES string of the molecule is N#CC(Cc1ccc(-c2ccc(F)cc2)cc1)NC(=O)[C@@H]1CNCCCO1. The highest BCUT2D eigenvalue weighted by molar-refractivity contribution is 5.81. The molecule has 0 bridgehead atoms. The number of halogens is 1. The van der Waals surface area contributed by atoms with Crippen LogP contribution in [-0.4, -0.2) is 37.7 Å². The van der Waals surface area contributed by atoms with Gasteiger partial charge >= 0.3 is 0 Å². The summed E-state index contributed by atoms with van der Waals surface area (Å²) >= 11 is 0. The van der Waals surface area contributed by atoms with Crippen LogP contribution in [0.4, 0.5) is 4.39 Å². The molecule has 1 aliphatic heterocycles. The summed E-state index contributed by atoms with van der Waals surface area (Å²) in [5.74, 6) is -0.533. The van der Waals surface area contributed by atoms with Crippen LogP contribution in [0.1, 0.15) is 12.0 Å². The third-order valence-corrected chi connectivity index (χ3v) is 4.48. The van der Waals surface area contributed by atoms with Gasteiger partial charge in [0.2, 0.25) is 0 Å². The highest BCUT2D eigenvalue weighted by atomic mass is 19.1. The zero-order valence-electron chi connectivity index (χ0n) is 15.0. The van der Waals surface area contributed by atoms with Gasteiger partial charge in [-0.15, -0.1) is 0 Å². The summed E-state index contributed by atoms with van der Waals surface area (Å²) < 4.78 is 18.6. The highest BCUT2D eigenvalue weighted by Gasteiger charge is 2.23. The van der Waals surface area contributed by atoms with Gasteiger partial charge in [0.15, 0.2) is 0 Å². The number of carbonyl (C=O) groups excluding carboxylic acids is 1. The lowest BCUT2D eigenvalue weighted by atomic mass is 10.0. The van der Waals surface area contributed by atoms with E-state index in [-0.39, 0.29) is 11.7 Å². The lowest BCUT2D eigenvalue weighted by Crippen LogP contribution is -2.46. The number of nitrogens with zero attached hydrogens (tertiary/aromatic N) is 1. The van der Waals surface area contributed by atoms with Crippen molar-refractivity contribution in [3.05, 3.63) is 59.9 Å². The summed E-state index contributed by atoms with van der Waals surface area (Å²) in [5.41, 5.74) is 2.83. The van der Waals surface area contributed by atoms with Crippen LogP contribution in [0.15, 0.2) is 48.5 Å². The average Bonchev–Trinajstić information content (AvgIpc) is 2.98. The molecule has 1 unspecified atom stereocenters. The Labute approximate surface area is 158 Å². The first-order valence-corrected chi connectivity index (χ1v) is 9.03. The van der Waals surface area contributed by atoms with E-state index in [4.69, 9.17) is 4.74 Å². The van der Waals surface area contributed by atoms with E-state index in [0.29, 0.717) is 19.6 Å². The molecular weight excluding hydrogens is 345 g/mol. The fraction of sp³-hybridized carbons (Fsp3) is 0.333. The molecule has 0 aliphatic carbocycles. The number of nitriles is 1. The van der Waals surface area contributed by atoms with E-state index in [0.717, 1.165) is 29.7 Å². The summed E-state index contributed by atoms with van der Waals surface area (Å²) in [6.07, 6.45) is 0.710. The van der Waals surface area contributed by atoms with Gasteiger partial charge in [0.05, 0.1) is 6.07 Å². The van der Waals surface area contributed by atoms with Gasteiger partial charge in [0.1, 0.15) is 18.0 Å². The topological polar surface area (TPSA) is 74.2 Å². The Kier molecular flexibility index (Phi) is 6.53. The van der Waals surface area contributed by atoms with Gasteiger partial charge < -0.3 is 15.4 Å². The predicted octanol–water partition coefficient (Wildman–Crippen LogP) is 2.42. The average molecular weight is 367 g/mol. The van der Waals surface area contributed by atoms with Crippen molar-refractivity contribution < 1.29 is 13.9 Å². The molecule has 2 aromatic rings. The monoisotopic (exact) mass is 367 g/mol. The minimum absolute atomic E-state index is 0.265. The number of amides is 1. The van der Waals surface area contributed by atoms with Gasteiger partial charge in [0.25, 0.3) is 5.91 Å². The van der Waals surface area contributed by atoms with Crippen LogP contribution in [0.5, 0.6) is 0 Å². The molecule has 0 aromatic heterocycles. The molecule has 5 nitrogen and oxygen atoms in total. The lowest BCUT2D eigenvalue weighted by Gasteiger charge is -2.18. The number of hydrogen-bond donors (Lipinski definition) is 2.